The SMILES string of the molecule is COC(=O)c1ccc(C23CC4(c5ccc(I)cc5)CC(c5ccc(C(=O)OC)cc5)(C2)CC(c2ccc(C(=O)OC)cc2)(C4)C3)cc1. The molecule has 0 aromatic heterocycles. The maximum Gasteiger partial charge on any atom is 0.337 e. The molecule has 0 heterocycles. The molecule has 7 heteroatoms. The lowest BCUT2D eigenvalue weighted by Crippen LogP contribution is -2.67. The molecular formula is C40H37IO6. The number of carbonyl (C=O) groups excluding carboxylic acids is 3. The quantitative estimate of drug-likeness (QED) is 0.108. The highest BCUT2D eigenvalue weighted by Crippen LogP contribution is 2.74. The number of benzene rings is 4. The van der Waals surface area contributed by atoms with Crippen molar-refractivity contribution < 1.29 is 28.6 Å². The third kappa shape index (κ3) is 5.18. The Kier molecular flexibility index (Phi) is 7.81. The highest BCUT2D eigenvalue weighted by molar-refractivity contribution is 14.1. The summed E-state index contributed by atoms with van der Waals surface area (Å²) in [7, 11) is 4.22. The fraction of sp³-hybridized carbons (Fsp3) is 0.325. The van der Waals surface area contributed by atoms with Crippen LogP contribution in [0, 0.1) is 3.57 Å². The van der Waals surface area contributed by atoms with E-state index >= 15 is 0 Å². The third-order valence-electron chi connectivity index (χ3n) is 11.3. The zero-order valence-corrected chi connectivity index (χ0v) is 29.0. The molecule has 0 spiro atoms. The van der Waals surface area contributed by atoms with Crippen molar-refractivity contribution in [1.82, 2.24) is 0 Å². The minimum Gasteiger partial charge on any atom is -0.465 e. The summed E-state index contributed by atoms with van der Waals surface area (Å²) in [5.41, 5.74) is 5.90. The second-order valence-corrected chi connectivity index (χ2v) is 15.1. The van der Waals surface area contributed by atoms with E-state index in [0.29, 0.717) is 16.7 Å². The first-order chi connectivity index (χ1) is 22.6. The predicted molar refractivity (Wildman–Crippen MR) is 187 cm³/mol. The lowest BCUT2D eigenvalue weighted by atomic mass is 9.32. The molecule has 4 aromatic carbocycles. The molecule has 8 rings (SSSR count). The van der Waals surface area contributed by atoms with Gasteiger partial charge < -0.3 is 14.2 Å². The van der Waals surface area contributed by atoms with Gasteiger partial charge in [-0.1, -0.05) is 48.5 Å². The van der Waals surface area contributed by atoms with Crippen molar-refractivity contribution in [2.45, 2.75) is 60.2 Å². The van der Waals surface area contributed by atoms with E-state index in [1.807, 2.05) is 36.4 Å². The van der Waals surface area contributed by atoms with Gasteiger partial charge in [0.15, 0.2) is 0 Å². The highest BCUT2D eigenvalue weighted by atomic mass is 127. The molecule has 6 nitrogen and oxygen atoms in total. The standard InChI is InChI=1S/C40H37IO6/c1-45-34(42)26-4-10-29(11-5-26)37-20-38(30-12-6-27(7-13-30)35(43)46-2)22-39(21-37,31-14-8-28(9-15-31)36(44)47-3)25-40(23-37,24-38)32-16-18-33(41)19-17-32/h4-19H,20-25H2,1-3H3. The fourth-order valence-electron chi connectivity index (χ4n) is 9.90. The van der Waals surface area contributed by atoms with E-state index in [9.17, 15) is 14.4 Å². The van der Waals surface area contributed by atoms with E-state index in [0.717, 1.165) is 38.5 Å². The van der Waals surface area contributed by atoms with Gasteiger partial charge in [0.05, 0.1) is 38.0 Å². The summed E-state index contributed by atoms with van der Waals surface area (Å²) < 4.78 is 16.3. The van der Waals surface area contributed by atoms with Crippen LogP contribution in [0.1, 0.15) is 91.9 Å². The van der Waals surface area contributed by atoms with Crippen LogP contribution in [0.3, 0.4) is 0 Å². The summed E-state index contributed by atoms with van der Waals surface area (Å²) in [5.74, 6) is -1.04. The number of hydrogen-bond acceptors (Lipinski definition) is 6. The van der Waals surface area contributed by atoms with Crippen LogP contribution in [0.4, 0.5) is 0 Å². The molecule has 0 atom stereocenters. The summed E-state index contributed by atoms with van der Waals surface area (Å²) in [5, 5.41) is 0. The highest BCUT2D eigenvalue weighted by Gasteiger charge is 2.69. The average molecular weight is 741 g/mol. The second-order valence-electron chi connectivity index (χ2n) is 13.9. The monoisotopic (exact) mass is 740 g/mol. The van der Waals surface area contributed by atoms with Gasteiger partial charge in [-0.3, -0.25) is 0 Å². The molecule has 47 heavy (non-hydrogen) atoms. The molecule has 4 fully saturated rings. The number of methoxy groups -OCH3 is 3. The van der Waals surface area contributed by atoms with Crippen LogP contribution in [-0.4, -0.2) is 39.2 Å². The molecule has 4 aliphatic rings. The molecule has 0 unspecified atom stereocenters. The largest absolute Gasteiger partial charge is 0.465 e. The Hall–Kier alpha value is -3.98. The van der Waals surface area contributed by atoms with Gasteiger partial charge in [-0.25, -0.2) is 14.4 Å². The van der Waals surface area contributed by atoms with Crippen molar-refractivity contribution in [3.8, 4) is 0 Å². The first-order valence-electron chi connectivity index (χ1n) is 15.9. The molecule has 0 amide bonds. The van der Waals surface area contributed by atoms with Crippen molar-refractivity contribution in [2.24, 2.45) is 0 Å². The smallest absolute Gasteiger partial charge is 0.337 e. The molecule has 4 saturated carbocycles. The van der Waals surface area contributed by atoms with E-state index < -0.39 is 0 Å². The Labute approximate surface area is 289 Å². The second kappa shape index (κ2) is 11.6. The number of esters is 3. The normalized spacial score (nSPS) is 27.2. The van der Waals surface area contributed by atoms with E-state index in [1.54, 1.807) is 0 Å². The van der Waals surface area contributed by atoms with Gasteiger partial charge in [0, 0.05) is 3.57 Å². The van der Waals surface area contributed by atoms with Gasteiger partial charge in [-0.05, 0) is 154 Å². The first kappa shape index (κ1) is 31.6. The third-order valence-corrected chi connectivity index (χ3v) is 12.0. The van der Waals surface area contributed by atoms with Gasteiger partial charge >= 0.3 is 17.9 Å². The number of halogens is 1. The van der Waals surface area contributed by atoms with Crippen LogP contribution >= 0.6 is 22.6 Å². The zero-order chi connectivity index (χ0) is 33.0. The zero-order valence-electron chi connectivity index (χ0n) is 26.8. The van der Waals surface area contributed by atoms with Gasteiger partial charge in [0.25, 0.3) is 0 Å². The van der Waals surface area contributed by atoms with E-state index in [2.05, 4.69) is 83.3 Å². The van der Waals surface area contributed by atoms with Crippen molar-refractivity contribution >= 4 is 40.5 Å². The fourth-order valence-corrected chi connectivity index (χ4v) is 10.3. The minimum absolute atomic E-state index is 0.137. The molecule has 0 radical (unpaired) electrons. The van der Waals surface area contributed by atoms with Gasteiger partial charge in [-0.15, -0.1) is 0 Å². The van der Waals surface area contributed by atoms with Gasteiger partial charge in [-0.2, -0.15) is 0 Å². The first-order valence-corrected chi connectivity index (χ1v) is 17.0. The molecule has 4 aliphatic carbocycles. The Morgan fingerprint density at radius 1 is 0.426 bits per heavy atom. The Balaban J connectivity index is 1.45. The molecule has 4 aromatic rings. The van der Waals surface area contributed by atoms with Crippen LogP contribution < -0.4 is 0 Å². The van der Waals surface area contributed by atoms with Crippen LogP contribution in [0.15, 0.2) is 97.1 Å². The van der Waals surface area contributed by atoms with E-state index in [1.165, 1.54) is 47.2 Å². The lowest BCUT2D eigenvalue weighted by molar-refractivity contribution is -0.0692. The Morgan fingerprint density at radius 2 is 0.638 bits per heavy atom. The topological polar surface area (TPSA) is 78.9 Å². The maximum absolute atomic E-state index is 12.4. The minimum atomic E-state index is -0.346. The number of rotatable bonds is 7. The summed E-state index contributed by atoms with van der Waals surface area (Å²) in [6.45, 7) is 0. The molecule has 4 bridgehead atoms. The predicted octanol–water partition coefficient (Wildman–Crippen LogP) is 8.08. The summed E-state index contributed by atoms with van der Waals surface area (Å²) in [6.07, 6.45) is 5.81. The van der Waals surface area contributed by atoms with Gasteiger partial charge in [0.2, 0.25) is 0 Å². The van der Waals surface area contributed by atoms with Crippen LogP contribution in [0.2, 0.25) is 0 Å². The van der Waals surface area contributed by atoms with Crippen molar-refractivity contribution in [1.29, 1.82) is 0 Å². The van der Waals surface area contributed by atoms with Crippen molar-refractivity contribution in [3.05, 3.63) is 140 Å². The van der Waals surface area contributed by atoms with Crippen LogP contribution in [0.25, 0.3) is 0 Å². The van der Waals surface area contributed by atoms with Gasteiger partial charge in [0.1, 0.15) is 0 Å². The summed E-state index contributed by atoms with van der Waals surface area (Å²) in [4.78, 5) is 37.2. The lowest BCUT2D eigenvalue weighted by Gasteiger charge is -2.71. The molecule has 0 aliphatic heterocycles. The number of carbonyl (C=O) groups is 3. The van der Waals surface area contributed by atoms with Crippen molar-refractivity contribution in [2.75, 3.05) is 21.3 Å². The van der Waals surface area contributed by atoms with Crippen LogP contribution in [0.5, 0.6) is 0 Å². The molecule has 0 N–H and O–H groups in total. The number of hydrogen-bond donors (Lipinski definition) is 0. The van der Waals surface area contributed by atoms with E-state index in [4.69, 9.17) is 14.2 Å². The van der Waals surface area contributed by atoms with Crippen LogP contribution in [-0.2, 0) is 35.9 Å². The van der Waals surface area contributed by atoms with E-state index in [-0.39, 0.29) is 39.6 Å². The summed E-state index contributed by atoms with van der Waals surface area (Å²) in [6, 6.07) is 33.2. The molecule has 0 saturated heterocycles. The summed E-state index contributed by atoms with van der Waals surface area (Å²) >= 11 is 2.37. The Morgan fingerprint density at radius 3 is 0.851 bits per heavy atom. The average Bonchev–Trinajstić information content (AvgIpc) is 3.10. The number of ether oxygens (including phenoxy) is 3. The Bertz CT molecular complexity index is 1650. The maximum atomic E-state index is 12.4. The van der Waals surface area contributed by atoms with Crippen molar-refractivity contribution in [3.63, 3.8) is 0 Å². The molecular weight excluding hydrogens is 703 g/mol. The molecule has 240 valence electrons.